The SMILES string of the molecule is CCOC(=O)CN1CCC(CC(=O)NOC(C)(C)C)(S(=O)(=O)c2ccc(Oc3ccccc3)cc2)CC1. The van der Waals surface area contributed by atoms with Crippen LogP contribution in [-0.4, -0.2) is 61.8 Å². The van der Waals surface area contributed by atoms with Crippen LogP contribution in [-0.2, 0) is 29.0 Å². The van der Waals surface area contributed by atoms with E-state index in [-0.39, 0.29) is 43.3 Å². The van der Waals surface area contributed by atoms with E-state index >= 15 is 0 Å². The van der Waals surface area contributed by atoms with Crippen LogP contribution < -0.4 is 10.2 Å². The molecule has 1 N–H and O–H groups in total. The van der Waals surface area contributed by atoms with Crippen LogP contribution in [0.1, 0.15) is 47.0 Å². The third-order valence-corrected chi connectivity index (χ3v) is 8.65. The largest absolute Gasteiger partial charge is 0.465 e. The molecule has 3 rings (SSSR count). The summed E-state index contributed by atoms with van der Waals surface area (Å²) in [6.07, 6.45) is 0.0980. The quantitative estimate of drug-likeness (QED) is 0.362. The zero-order valence-electron chi connectivity index (χ0n) is 21.9. The number of amides is 1. The molecule has 1 heterocycles. The molecule has 1 aliphatic rings. The summed E-state index contributed by atoms with van der Waals surface area (Å²) in [4.78, 5) is 32.1. The van der Waals surface area contributed by atoms with E-state index in [4.69, 9.17) is 14.3 Å². The van der Waals surface area contributed by atoms with Crippen molar-refractivity contribution in [3.63, 3.8) is 0 Å². The molecule has 1 aliphatic heterocycles. The lowest BCUT2D eigenvalue weighted by atomic mass is 9.92. The second-order valence-corrected chi connectivity index (χ2v) is 12.4. The molecule has 1 saturated heterocycles. The first-order valence-electron chi connectivity index (χ1n) is 12.4. The van der Waals surface area contributed by atoms with Gasteiger partial charge in [-0.15, -0.1) is 0 Å². The number of nitrogens with zero attached hydrogens (tertiary/aromatic N) is 1. The monoisotopic (exact) mass is 532 g/mol. The average molecular weight is 533 g/mol. The third-order valence-electron chi connectivity index (χ3n) is 6.06. The van der Waals surface area contributed by atoms with Crippen molar-refractivity contribution in [3.05, 3.63) is 54.6 Å². The maximum absolute atomic E-state index is 14.0. The fraction of sp³-hybridized carbons (Fsp3) is 0.481. The Morgan fingerprint density at radius 2 is 1.57 bits per heavy atom. The van der Waals surface area contributed by atoms with Crippen LogP contribution in [0.25, 0.3) is 0 Å². The molecule has 0 saturated carbocycles. The highest BCUT2D eigenvalue weighted by Crippen LogP contribution is 2.39. The Morgan fingerprint density at radius 1 is 0.973 bits per heavy atom. The standard InChI is InChI=1S/C27H36N2O7S/c1-5-34-25(31)20-29-17-15-27(16-18-29,19-24(30)28-36-26(2,3)4)37(32,33)23-13-11-22(12-14-23)35-21-9-7-6-8-10-21/h6-14H,5,15-20H2,1-4H3,(H,28,30). The van der Waals surface area contributed by atoms with Gasteiger partial charge in [-0.1, -0.05) is 18.2 Å². The minimum Gasteiger partial charge on any atom is -0.465 e. The fourth-order valence-corrected chi connectivity index (χ4v) is 6.18. The topological polar surface area (TPSA) is 111 Å². The number of hydrogen-bond donors (Lipinski definition) is 1. The zero-order valence-corrected chi connectivity index (χ0v) is 22.7. The molecule has 1 fully saturated rings. The summed E-state index contributed by atoms with van der Waals surface area (Å²) in [6.45, 7) is 8.12. The van der Waals surface area contributed by atoms with Crippen molar-refractivity contribution in [2.75, 3.05) is 26.2 Å². The van der Waals surface area contributed by atoms with Gasteiger partial charge in [-0.3, -0.25) is 19.3 Å². The van der Waals surface area contributed by atoms with Gasteiger partial charge in [0.15, 0.2) is 9.84 Å². The van der Waals surface area contributed by atoms with Crippen molar-refractivity contribution in [1.82, 2.24) is 10.4 Å². The highest BCUT2D eigenvalue weighted by molar-refractivity contribution is 7.92. The molecule has 2 aromatic carbocycles. The Balaban J connectivity index is 1.81. The van der Waals surface area contributed by atoms with Crippen molar-refractivity contribution in [2.45, 2.75) is 62.2 Å². The summed E-state index contributed by atoms with van der Waals surface area (Å²) >= 11 is 0. The number of nitrogens with one attached hydrogen (secondary N) is 1. The van der Waals surface area contributed by atoms with Crippen LogP contribution in [0, 0.1) is 0 Å². The molecule has 0 aliphatic carbocycles. The van der Waals surface area contributed by atoms with E-state index in [1.807, 2.05) is 35.2 Å². The third kappa shape index (κ3) is 7.77. The fourth-order valence-electron chi connectivity index (χ4n) is 4.15. The van der Waals surface area contributed by atoms with Crippen LogP contribution >= 0.6 is 0 Å². The van der Waals surface area contributed by atoms with Gasteiger partial charge in [0.2, 0.25) is 5.91 Å². The smallest absolute Gasteiger partial charge is 0.320 e. The molecule has 0 bridgehead atoms. The molecule has 0 spiro atoms. The number of esters is 1. The van der Waals surface area contributed by atoms with E-state index in [2.05, 4.69) is 5.48 Å². The van der Waals surface area contributed by atoms with Crippen LogP contribution in [0.3, 0.4) is 0 Å². The van der Waals surface area contributed by atoms with Crippen LogP contribution in [0.5, 0.6) is 11.5 Å². The molecular weight excluding hydrogens is 496 g/mol. The van der Waals surface area contributed by atoms with E-state index in [0.717, 1.165) is 0 Å². The van der Waals surface area contributed by atoms with Crippen molar-refractivity contribution < 1.29 is 32.3 Å². The lowest BCUT2D eigenvalue weighted by Crippen LogP contribution is -2.52. The molecule has 10 heteroatoms. The predicted molar refractivity (Wildman–Crippen MR) is 139 cm³/mol. The Labute approximate surface area is 219 Å². The van der Waals surface area contributed by atoms with Gasteiger partial charge in [0.25, 0.3) is 0 Å². The van der Waals surface area contributed by atoms with Gasteiger partial charge in [0.05, 0.1) is 28.4 Å². The maximum Gasteiger partial charge on any atom is 0.320 e. The van der Waals surface area contributed by atoms with Crippen molar-refractivity contribution in [2.24, 2.45) is 0 Å². The molecule has 2 aromatic rings. The molecule has 202 valence electrons. The molecule has 1 amide bonds. The molecular formula is C27H36N2O7S. The van der Waals surface area contributed by atoms with E-state index < -0.39 is 26.1 Å². The maximum atomic E-state index is 14.0. The molecule has 37 heavy (non-hydrogen) atoms. The van der Waals surface area contributed by atoms with Gasteiger partial charge in [0, 0.05) is 19.5 Å². The molecule has 0 aromatic heterocycles. The van der Waals surface area contributed by atoms with E-state index in [0.29, 0.717) is 24.6 Å². The van der Waals surface area contributed by atoms with E-state index in [1.54, 1.807) is 39.8 Å². The Hall–Kier alpha value is -2.95. The number of rotatable bonds is 10. The van der Waals surface area contributed by atoms with Gasteiger partial charge in [0.1, 0.15) is 11.5 Å². The average Bonchev–Trinajstić information content (AvgIpc) is 2.85. The second kappa shape index (κ2) is 12.1. The lowest BCUT2D eigenvalue weighted by Gasteiger charge is -2.40. The summed E-state index contributed by atoms with van der Waals surface area (Å²) in [5.41, 5.74) is 1.78. The molecule has 0 atom stereocenters. The van der Waals surface area contributed by atoms with Crippen LogP contribution in [0.4, 0.5) is 0 Å². The van der Waals surface area contributed by atoms with Gasteiger partial charge < -0.3 is 9.47 Å². The number of hydrogen-bond acceptors (Lipinski definition) is 8. The summed E-state index contributed by atoms with van der Waals surface area (Å²) < 4.78 is 37.4. The van der Waals surface area contributed by atoms with Gasteiger partial charge >= 0.3 is 5.97 Å². The van der Waals surface area contributed by atoms with Crippen molar-refractivity contribution in [1.29, 1.82) is 0 Å². The number of likely N-dealkylation sites (tertiary alicyclic amines) is 1. The number of hydroxylamine groups is 1. The van der Waals surface area contributed by atoms with Gasteiger partial charge in [-0.25, -0.2) is 13.9 Å². The minimum absolute atomic E-state index is 0.0782. The van der Waals surface area contributed by atoms with Crippen LogP contribution in [0.15, 0.2) is 59.5 Å². The lowest BCUT2D eigenvalue weighted by molar-refractivity contribution is -0.147. The molecule has 0 radical (unpaired) electrons. The Morgan fingerprint density at radius 3 is 2.14 bits per heavy atom. The molecule has 9 nitrogen and oxygen atoms in total. The highest BCUT2D eigenvalue weighted by atomic mass is 32.2. The van der Waals surface area contributed by atoms with Crippen molar-refractivity contribution >= 4 is 21.7 Å². The minimum atomic E-state index is -3.94. The van der Waals surface area contributed by atoms with E-state index in [1.165, 1.54) is 12.1 Å². The number of para-hydroxylation sites is 1. The van der Waals surface area contributed by atoms with Gasteiger partial charge in [-0.2, -0.15) is 0 Å². The summed E-state index contributed by atoms with van der Waals surface area (Å²) in [5.74, 6) is 0.267. The first-order chi connectivity index (χ1) is 17.4. The summed E-state index contributed by atoms with van der Waals surface area (Å²) in [7, 11) is -3.94. The van der Waals surface area contributed by atoms with E-state index in [9.17, 15) is 18.0 Å². The number of ether oxygens (including phenoxy) is 2. The summed E-state index contributed by atoms with van der Waals surface area (Å²) in [6, 6.07) is 15.4. The Kier molecular flexibility index (Phi) is 9.33. The second-order valence-electron chi connectivity index (χ2n) is 10.1. The zero-order chi connectivity index (χ0) is 27.1. The number of piperidine rings is 1. The predicted octanol–water partition coefficient (Wildman–Crippen LogP) is 3.89. The highest BCUT2D eigenvalue weighted by Gasteiger charge is 2.48. The first kappa shape index (κ1) is 28.6. The first-order valence-corrected chi connectivity index (χ1v) is 13.8. The summed E-state index contributed by atoms with van der Waals surface area (Å²) in [5, 5.41) is 0. The van der Waals surface area contributed by atoms with Crippen molar-refractivity contribution in [3.8, 4) is 11.5 Å². The molecule has 0 unspecified atom stereocenters. The van der Waals surface area contributed by atoms with Gasteiger partial charge in [-0.05, 0) is 76.9 Å². The normalized spacial score (nSPS) is 16.1. The van der Waals surface area contributed by atoms with Crippen LogP contribution in [0.2, 0.25) is 0 Å². The number of benzene rings is 2. The Bertz CT molecular complexity index is 1150. The number of carbonyl (C=O) groups excluding carboxylic acids is 2. The number of sulfone groups is 1. The number of carbonyl (C=O) groups is 2.